The Morgan fingerprint density at radius 3 is 2.86 bits per heavy atom. The Morgan fingerprint density at radius 1 is 1.24 bits per heavy atom. The zero-order valence-electron chi connectivity index (χ0n) is 15.8. The molecule has 1 saturated carbocycles. The maximum Gasteiger partial charge on any atom is 0.164 e. The van der Waals surface area contributed by atoms with E-state index >= 15 is 0 Å². The van der Waals surface area contributed by atoms with Gasteiger partial charge in [-0.15, -0.1) is 5.10 Å². The zero-order valence-corrected chi connectivity index (χ0v) is 17.4. The first kappa shape index (κ1) is 18.1. The van der Waals surface area contributed by atoms with Crippen LogP contribution in [0.3, 0.4) is 0 Å². The number of carbonyl (C=O) groups excluding carboxylic acids is 1. The van der Waals surface area contributed by atoms with Gasteiger partial charge in [-0.05, 0) is 70.2 Å². The molecule has 4 heterocycles. The average molecular weight is 452 g/mol. The van der Waals surface area contributed by atoms with Crippen LogP contribution < -0.4 is 0 Å². The molecule has 0 unspecified atom stereocenters. The molecule has 0 bridgehead atoms. The van der Waals surface area contributed by atoms with Gasteiger partial charge in [0.1, 0.15) is 10.3 Å². The number of nitrogens with zero attached hydrogens (tertiary/aromatic N) is 7. The summed E-state index contributed by atoms with van der Waals surface area (Å²) in [6, 6.07) is 5.82. The van der Waals surface area contributed by atoms with Gasteiger partial charge in [0.15, 0.2) is 17.3 Å². The molecule has 9 heteroatoms. The molecule has 8 nitrogen and oxygen atoms in total. The predicted octanol–water partition coefficient (Wildman–Crippen LogP) is 3.47. The molecule has 0 aliphatic heterocycles. The van der Waals surface area contributed by atoms with Crippen LogP contribution >= 0.6 is 15.9 Å². The van der Waals surface area contributed by atoms with Gasteiger partial charge in [-0.3, -0.25) is 14.2 Å². The standard InChI is InChI=1S/C20H18BrN7O/c1-12-2-3-13(9-22-12)4-7-17(29)15-8-16(20-23-10-18(21)27(20)11-15)28-19(14-5-6-14)24-25-26-28/h2-3,8-11,14H,4-7H2,1H3. The SMILES string of the molecule is Cc1ccc(CCC(=O)c2cc(-n3nnnc3C3CC3)c3ncc(Br)n3c2)cn1. The molecule has 0 atom stereocenters. The Hall–Kier alpha value is -2.94. The number of Topliss-reactive ketones (excluding diaryl/α,β-unsaturated/α-hetero) is 1. The summed E-state index contributed by atoms with van der Waals surface area (Å²) in [5, 5.41) is 12.2. The van der Waals surface area contributed by atoms with E-state index in [0.29, 0.717) is 35.7 Å². The quantitative estimate of drug-likeness (QED) is 0.416. The number of aromatic nitrogens is 7. The Balaban J connectivity index is 1.50. The number of ketones is 1. The highest BCUT2D eigenvalue weighted by Gasteiger charge is 2.31. The highest BCUT2D eigenvalue weighted by Crippen LogP contribution is 2.39. The molecule has 29 heavy (non-hydrogen) atoms. The van der Waals surface area contributed by atoms with Crippen LogP contribution in [0.5, 0.6) is 0 Å². The second-order valence-corrected chi connectivity index (χ2v) is 8.16. The van der Waals surface area contributed by atoms with Gasteiger partial charge in [-0.25, -0.2) is 4.98 Å². The van der Waals surface area contributed by atoms with Crippen molar-refractivity contribution in [2.75, 3.05) is 0 Å². The van der Waals surface area contributed by atoms with Crippen molar-refractivity contribution in [3.63, 3.8) is 0 Å². The highest BCUT2D eigenvalue weighted by atomic mass is 79.9. The van der Waals surface area contributed by atoms with Crippen LogP contribution in [0, 0.1) is 6.92 Å². The lowest BCUT2D eigenvalue weighted by Gasteiger charge is -2.10. The van der Waals surface area contributed by atoms with Crippen molar-refractivity contribution in [1.82, 2.24) is 34.6 Å². The largest absolute Gasteiger partial charge is 0.294 e. The summed E-state index contributed by atoms with van der Waals surface area (Å²) in [4.78, 5) is 21.8. The maximum absolute atomic E-state index is 13.0. The van der Waals surface area contributed by atoms with Gasteiger partial charge in [-0.1, -0.05) is 6.07 Å². The summed E-state index contributed by atoms with van der Waals surface area (Å²) in [7, 11) is 0. The third-order valence-electron chi connectivity index (χ3n) is 5.14. The molecule has 0 spiro atoms. The molecule has 4 aromatic rings. The predicted molar refractivity (Wildman–Crippen MR) is 109 cm³/mol. The second-order valence-electron chi connectivity index (χ2n) is 7.34. The first-order chi connectivity index (χ1) is 14.1. The number of tetrazole rings is 1. The molecule has 0 N–H and O–H groups in total. The van der Waals surface area contributed by atoms with Crippen LogP contribution in [0.1, 0.15) is 52.6 Å². The third kappa shape index (κ3) is 3.46. The van der Waals surface area contributed by atoms with Crippen molar-refractivity contribution in [1.29, 1.82) is 0 Å². The summed E-state index contributed by atoms with van der Waals surface area (Å²) < 4.78 is 4.34. The number of hydrogen-bond acceptors (Lipinski definition) is 6. The number of hydrogen-bond donors (Lipinski definition) is 0. The summed E-state index contributed by atoms with van der Waals surface area (Å²) in [5.74, 6) is 1.24. The molecule has 0 aromatic carbocycles. The number of halogens is 1. The number of pyridine rings is 2. The molecular weight excluding hydrogens is 434 g/mol. The summed E-state index contributed by atoms with van der Waals surface area (Å²) in [6.45, 7) is 1.95. The van der Waals surface area contributed by atoms with Crippen LogP contribution in [0.25, 0.3) is 11.3 Å². The molecule has 1 aliphatic rings. The molecule has 4 aromatic heterocycles. The van der Waals surface area contributed by atoms with Crippen LogP contribution in [-0.4, -0.2) is 40.4 Å². The molecule has 0 saturated heterocycles. The lowest BCUT2D eigenvalue weighted by Crippen LogP contribution is -2.09. The number of fused-ring (bicyclic) bond motifs is 1. The van der Waals surface area contributed by atoms with Crippen LogP contribution in [0.4, 0.5) is 0 Å². The monoisotopic (exact) mass is 451 g/mol. The summed E-state index contributed by atoms with van der Waals surface area (Å²) in [5.41, 5.74) is 4.03. The molecule has 0 radical (unpaired) electrons. The van der Waals surface area contributed by atoms with E-state index < -0.39 is 0 Å². The van der Waals surface area contributed by atoms with Crippen molar-refractivity contribution in [3.8, 4) is 5.69 Å². The molecule has 1 fully saturated rings. The van der Waals surface area contributed by atoms with E-state index in [2.05, 4.69) is 41.4 Å². The van der Waals surface area contributed by atoms with Crippen LogP contribution in [0.2, 0.25) is 0 Å². The fraction of sp³-hybridized carbons (Fsp3) is 0.300. The van der Waals surface area contributed by atoms with Gasteiger partial charge in [-0.2, -0.15) is 4.68 Å². The summed E-state index contributed by atoms with van der Waals surface area (Å²) in [6.07, 6.45) is 8.55. The van der Waals surface area contributed by atoms with Gasteiger partial charge in [0.05, 0.1) is 6.20 Å². The number of carbonyl (C=O) groups is 1. The van der Waals surface area contributed by atoms with Crippen LogP contribution in [-0.2, 0) is 6.42 Å². The lowest BCUT2D eigenvalue weighted by atomic mass is 10.0. The van der Waals surface area contributed by atoms with Gasteiger partial charge in [0.2, 0.25) is 0 Å². The second kappa shape index (κ2) is 7.14. The van der Waals surface area contributed by atoms with Crippen molar-refractivity contribution >= 4 is 27.4 Å². The van der Waals surface area contributed by atoms with E-state index in [-0.39, 0.29) is 5.78 Å². The molecule has 1 aliphatic carbocycles. The van der Waals surface area contributed by atoms with Crippen molar-refractivity contribution in [2.24, 2.45) is 0 Å². The molecule has 0 amide bonds. The third-order valence-corrected chi connectivity index (χ3v) is 5.73. The average Bonchev–Trinajstić information content (AvgIpc) is 3.34. The molecular formula is C20H18BrN7O. The van der Waals surface area contributed by atoms with Crippen molar-refractivity contribution < 1.29 is 4.79 Å². The number of aryl methyl sites for hydroxylation is 2. The Labute approximate surface area is 175 Å². The van der Waals surface area contributed by atoms with Gasteiger partial charge in [0, 0.05) is 36.0 Å². The fourth-order valence-electron chi connectivity index (χ4n) is 3.36. The molecule has 5 rings (SSSR count). The first-order valence-electron chi connectivity index (χ1n) is 9.50. The number of rotatable bonds is 6. The maximum atomic E-state index is 13.0. The minimum atomic E-state index is 0.0513. The smallest absolute Gasteiger partial charge is 0.164 e. The van der Waals surface area contributed by atoms with E-state index in [4.69, 9.17) is 0 Å². The van der Waals surface area contributed by atoms with E-state index in [1.165, 1.54) is 0 Å². The van der Waals surface area contributed by atoms with Gasteiger partial charge in [0.25, 0.3) is 0 Å². The lowest BCUT2D eigenvalue weighted by molar-refractivity contribution is 0.0982. The molecule has 146 valence electrons. The highest BCUT2D eigenvalue weighted by molar-refractivity contribution is 9.10. The van der Waals surface area contributed by atoms with Gasteiger partial charge < -0.3 is 0 Å². The Morgan fingerprint density at radius 2 is 2.10 bits per heavy atom. The number of imidazole rings is 1. The van der Waals surface area contributed by atoms with E-state index in [9.17, 15) is 4.79 Å². The minimum Gasteiger partial charge on any atom is -0.294 e. The normalized spacial score (nSPS) is 13.9. The van der Waals surface area contributed by atoms with E-state index in [1.54, 1.807) is 10.9 Å². The van der Waals surface area contributed by atoms with Crippen molar-refractivity contribution in [2.45, 2.75) is 38.5 Å². The van der Waals surface area contributed by atoms with Gasteiger partial charge >= 0.3 is 0 Å². The van der Waals surface area contributed by atoms with Crippen molar-refractivity contribution in [3.05, 3.63) is 64.0 Å². The minimum absolute atomic E-state index is 0.0513. The van der Waals surface area contributed by atoms with Crippen LogP contribution in [0.15, 0.2) is 41.4 Å². The first-order valence-corrected chi connectivity index (χ1v) is 10.3. The Bertz CT molecular complexity index is 1210. The Kier molecular flexibility index (Phi) is 4.46. The van der Waals surface area contributed by atoms with E-state index in [0.717, 1.165) is 34.5 Å². The topological polar surface area (TPSA) is 90.9 Å². The fourth-order valence-corrected chi connectivity index (χ4v) is 3.73. The zero-order chi connectivity index (χ0) is 20.0. The summed E-state index contributed by atoms with van der Waals surface area (Å²) >= 11 is 3.51. The van der Waals surface area contributed by atoms with E-state index in [1.807, 2.05) is 41.9 Å².